The van der Waals surface area contributed by atoms with Crippen LogP contribution in [-0.2, 0) is 15.7 Å². The number of ether oxygens (including phenoxy) is 1. The van der Waals surface area contributed by atoms with Crippen molar-refractivity contribution in [3.8, 4) is 0 Å². The van der Waals surface area contributed by atoms with Crippen LogP contribution in [0.3, 0.4) is 0 Å². The molecule has 0 aromatic carbocycles. The minimum Gasteiger partial charge on any atom is -0.469 e. The van der Waals surface area contributed by atoms with Crippen molar-refractivity contribution in [2.45, 2.75) is 12.6 Å². The highest BCUT2D eigenvalue weighted by atomic mass is 19.4. The molecule has 92 valence electrons. The zero-order chi connectivity index (χ0) is 12.9. The summed E-state index contributed by atoms with van der Waals surface area (Å²) in [5.41, 5.74) is -1.05. The van der Waals surface area contributed by atoms with Gasteiger partial charge in [0.05, 0.1) is 24.8 Å². The molecule has 1 aromatic heterocycles. The van der Waals surface area contributed by atoms with Gasteiger partial charge in [-0.25, -0.2) is 0 Å². The van der Waals surface area contributed by atoms with Gasteiger partial charge in [-0.3, -0.25) is 9.78 Å². The minimum atomic E-state index is -4.46. The first-order valence-corrected chi connectivity index (χ1v) is 4.70. The lowest BCUT2D eigenvalue weighted by molar-refractivity contribution is -0.139. The third kappa shape index (κ3) is 3.90. The molecule has 1 rings (SSSR count). The summed E-state index contributed by atoms with van der Waals surface area (Å²) in [7, 11) is 1.21. The molecule has 0 aliphatic carbocycles. The lowest BCUT2D eigenvalue weighted by atomic mass is 10.1. The molecule has 0 spiro atoms. The molecule has 0 saturated carbocycles. The number of rotatable bonds is 3. The smallest absolute Gasteiger partial charge is 0.418 e. The second-order valence-electron chi connectivity index (χ2n) is 3.12. The molecule has 0 saturated heterocycles. The van der Waals surface area contributed by atoms with Crippen molar-refractivity contribution in [1.82, 2.24) is 4.98 Å². The molecule has 0 N–H and O–H groups in total. The Hall–Kier alpha value is -1.85. The van der Waals surface area contributed by atoms with E-state index in [0.29, 0.717) is 0 Å². The van der Waals surface area contributed by atoms with Gasteiger partial charge >= 0.3 is 12.1 Å². The summed E-state index contributed by atoms with van der Waals surface area (Å²) < 4.78 is 42.0. The molecule has 0 radical (unpaired) electrons. The fourth-order valence-corrected chi connectivity index (χ4v) is 1.14. The third-order valence-corrected chi connectivity index (χ3v) is 1.93. The van der Waals surface area contributed by atoms with E-state index >= 15 is 0 Å². The number of aromatic nitrogens is 1. The van der Waals surface area contributed by atoms with E-state index in [4.69, 9.17) is 0 Å². The molecule has 0 unspecified atom stereocenters. The molecule has 3 nitrogen and oxygen atoms in total. The molecule has 1 heterocycles. The predicted octanol–water partition coefficient (Wildman–Crippen LogP) is 2.68. The SMILES string of the molecule is COC(=O)CC=Cc1ncccc1C(F)(F)F. The van der Waals surface area contributed by atoms with Crippen molar-refractivity contribution >= 4 is 12.0 Å². The van der Waals surface area contributed by atoms with Gasteiger partial charge in [0.15, 0.2) is 0 Å². The molecule has 0 amide bonds. The van der Waals surface area contributed by atoms with E-state index in [1.807, 2.05) is 0 Å². The lowest BCUT2D eigenvalue weighted by Gasteiger charge is -2.08. The molecule has 0 atom stereocenters. The molecular weight excluding hydrogens is 235 g/mol. The first-order valence-electron chi connectivity index (χ1n) is 4.70. The van der Waals surface area contributed by atoms with Gasteiger partial charge in [0.25, 0.3) is 0 Å². The summed E-state index contributed by atoms with van der Waals surface area (Å²) >= 11 is 0. The maximum atomic E-state index is 12.5. The average Bonchev–Trinajstić information content (AvgIpc) is 2.28. The minimum absolute atomic E-state index is 0.0929. The van der Waals surface area contributed by atoms with Crippen molar-refractivity contribution in [1.29, 1.82) is 0 Å². The van der Waals surface area contributed by atoms with Crippen molar-refractivity contribution in [3.63, 3.8) is 0 Å². The topological polar surface area (TPSA) is 39.2 Å². The molecular formula is C11H10F3NO2. The fraction of sp³-hybridized carbons (Fsp3) is 0.273. The van der Waals surface area contributed by atoms with E-state index in [1.165, 1.54) is 25.4 Å². The molecule has 6 heteroatoms. The molecule has 0 aliphatic heterocycles. The van der Waals surface area contributed by atoms with E-state index in [9.17, 15) is 18.0 Å². The summed E-state index contributed by atoms with van der Waals surface area (Å²) in [5, 5.41) is 0. The summed E-state index contributed by atoms with van der Waals surface area (Å²) in [5.74, 6) is -0.522. The lowest BCUT2D eigenvalue weighted by Crippen LogP contribution is -2.08. The highest BCUT2D eigenvalue weighted by Gasteiger charge is 2.33. The first kappa shape index (κ1) is 13.2. The van der Waals surface area contributed by atoms with Crippen LogP contribution >= 0.6 is 0 Å². The van der Waals surface area contributed by atoms with Crippen molar-refractivity contribution < 1.29 is 22.7 Å². The Morgan fingerprint density at radius 1 is 1.53 bits per heavy atom. The van der Waals surface area contributed by atoms with Gasteiger partial charge < -0.3 is 4.74 Å². The summed E-state index contributed by atoms with van der Waals surface area (Å²) in [6.07, 6.45) is -0.861. The third-order valence-electron chi connectivity index (χ3n) is 1.93. The normalized spacial score (nSPS) is 11.8. The fourth-order valence-electron chi connectivity index (χ4n) is 1.14. The average molecular weight is 245 g/mol. The van der Waals surface area contributed by atoms with Crippen LogP contribution in [0.25, 0.3) is 6.08 Å². The Morgan fingerprint density at radius 2 is 2.24 bits per heavy atom. The van der Waals surface area contributed by atoms with E-state index in [-0.39, 0.29) is 12.1 Å². The van der Waals surface area contributed by atoms with Gasteiger partial charge in [-0.05, 0) is 18.2 Å². The Kier molecular flexibility index (Phi) is 4.25. The van der Waals surface area contributed by atoms with Gasteiger partial charge in [-0.15, -0.1) is 0 Å². The Morgan fingerprint density at radius 3 is 2.82 bits per heavy atom. The Bertz CT molecular complexity index is 427. The first-order chi connectivity index (χ1) is 7.95. The van der Waals surface area contributed by atoms with Crippen LogP contribution < -0.4 is 0 Å². The number of carbonyl (C=O) groups excluding carboxylic acids is 1. The van der Waals surface area contributed by atoms with Crippen LogP contribution in [0.2, 0.25) is 0 Å². The number of hydrogen-bond donors (Lipinski definition) is 0. The Balaban J connectivity index is 2.88. The number of halogens is 3. The van der Waals surface area contributed by atoms with Crippen LogP contribution in [0.4, 0.5) is 13.2 Å². The second kappa shape index (κ2) is 5.47. The van der Waals surface area contributed by atoms with Crippen LogP contribution in [0.5, 0.6) is 0 Å². The standard InChI is InChI=1S/C11H10F3NO2/c1-17-10(16)6-2-5-9-8(11(12,13)14)4-3-7-15-9/h2-5,7H,6H2,1H3. The van der Waals surface area contributed by atoms with Gasteiger partial charge in [-0.1, -0.05) is 6.08 Å². The van der Waals surface area contributed by atoms with Crippen LogP contribution in [0.1, 0.15) is 17.7 Å². The van der Waals surface area contributed by atoms with Crippen LogP contribution in [-0.4, -0.2) is 18.1 Å². The van der Waals surface area contributed by atoms with Gasteiger partial charge in [-0.2, -0.15) is 13.2 Å². The quantitative estimate of drug-likeness (QED) is 0.768. The number of hydrogen-bond acceptors (Lipinski definition) is 3. The summed E-state index contributed by atoms with van der Waals surface area (Å²) in [6, 6.07) is 2.14. The number of esters is 1. The van der Waals surface area contributed by atoms with Crippen molar-refractivity contribution in [3.05, 3.63) is 35.7 Å². The zero-order valence-corrected chi connectivity index (χ0v) is 8.99. The predicted molar refractivity (Wildman–Crippen MR) is 54.9 cm³/mol. The van der Waals surface area contributed by atoms with E-state index in [1.54, 1.807) is 0 Å². The maximum absolute atomic E-state index is 12.5. The largest absolute Gasteiger partial charge is 0.469 e. The number of alkyl halides is 3. The molecule has 17 heavy (non-hydrogen) atoms. The number of methoxy groups -OCH3 is 1. The highest BCUT2D eigenvalue weighted by molar-refractivity contribution is 5.72. The van der Waals surface area contributed by atoms with Crippen LogP contribution in [0.15, 0.2) is 24.4 Å². The Labute approximate surface area is 95.9 Å². The van der Waals surface area contributed by atoms with Crippen molar-refractivity contribution in [2.24, 2.45) is 0 Å². The zero-order valence-electron chi connectivity index (χ0n) is 8.99. The van der Waals surface area contributed by atoms with E-state index in [0.717, 1.165) is 12.1 Å². The highest BCUT2D eigenvalue weighted by Crippen LogP contribution is 2.31. The number of carbonyl (C=O) groups is 1. The van der Waals surface area contributed by atoms with E-state index < -0.39 is 17.7 Å². The summed E-state index contributed by atoms with van der Waals surface area (Å²) in [6.45, 7) is 0. The molecule has 0 fully saturated rings. The van der Waals surface area contributed by atoms with Gasteiger partial charge in [0.1, 0.15) is 0 Å². The second-order valence-corrected chi connectivity index (χ2v) is 3.12. The number of pyridine rings is 1. The maximum Gasteiger partial charge on any atom is 0.418 e. The monoisotopic (exact) mass is 245 g/mol. The molecule has 1 aromatic rings. The van der Waals surface area contributed by atoms with Gasteiger partial charge in [0.2, 0.25) is 0 Å². The summed E-state index contributed by atoms with van der Waals surface area (Å²) in [4.78, 5) is 14.4. The van der Waals surface area contributed by atoms with Crippen molar-refractivity contribution in [2.75, 3.05) is 7.11 Å². The molecule has 0 bridgehead atoms. The van der Waals surface area contributed by atoms with E-state index in [2.05, 4.69) is 9.72 Å². The van der Waals surface area contributed by atoms with Gasteiger partial charge in [0, 0.05) is 6.20 Å². The van der Waals surface area contributed by atoms with Crippen LogP contribution in [0, 0.1) is 0 Å². The molecule has 0 aliphatic rings. The number of nitrogens with zero attached hydrogens (tertiary/aromatic N) is 1.